The number of aromatic carboxylic acids is 1. The standard InChI is InChI=1S/C14H13FN2O4/c15-10-6-8(7-18)2-3-9(10)12-11(14(19)20)13-17(16-12)4-1-5-21-13/h2-3,6,18H,1,4-5,7H2,(H,19,20). The summed E-state index contributed by atoms with van der Waals surface area (Å²) in [6, 6.07) is 4.12. The number of carboxylic acid groups (broad SMARTS) is 1. The van der Waals surface area contributed by atoms with Crippen molar-refractivity contribution in [3.8, 4) is 17.1 Å². The molecule has 0 bridgehead atoms. The smallest absolute Gasteiger partial charge is 0.343 e. The summed E-state index contributed by atoms with van der Waals surface area (Å²) in [4.78, 5) is 11.5. The molecule has 3 rings (SSSR count). The van der Waals surface area contributed by atoms with Gasteiger partial charge in [0.25, 0.3) is 0 Å². The molecule has 0 unspecified atom stereocenters. The van der Waals surface area contributed by atoms with Crippen molar-refractivity contribution in [1.82, 2.24) is 9.78 Å². The number of aromatic nitrogens is 2. The number of carbonyl (C=O) groups is 1. The van der Waals surface area contributed by atoms with Crippen molar-refractivity contribution in [1.29, 1.82) is 0 Å². The van der Waals surface area contributed by atoms with E-state index < -0.39 is 11.8 Å². The summed E-state index contributed by atoms with van der Waals surface area (Å²) >= 11 is 0. The van der Waals surface area contributed by atoms with Crippen molar-refractivity contribution >= 4 is 5.97 Å². The molecule has 0 aliphatic carbocycles. The Morgan fingerprint density at radius 2 is 2.29 bits per heavy atom. The van der Waals surface area contributed by atoms with Gasteiger partial charge in [-0.25, -0.2) is 13.9 Å². The number of hydrogen-bond acceptors (Lipinski definition) is 4. The summed E-state index contributed by atoms with van der Waals surface area (Å²) in [5.74, 6) is -1.67. The van der Waals surface area contributed by atoms with Gasteiger partial charge in [-0.05, 0) is 17.7 Å². The molecule has 2 N–H and O–H groups in total. The molecule has 7 heteroatoms. The number of nitrogens with zero attached hydrogens (tertiary/aromatic N) is 2. The number of hydrogen-bond donors (Lipinski definition) is 2. The van der Waals surface area contributed by atoms with Crippen LogP contribution in [0.3, 0.4) is 0 Å². The van der Waals surface area contributed by atoms with Gasteiger partial charge in [-0.15, -0.1) is 0 Å². The molecule has 2 aromatic rings. The number of aliphatic hydroxyl groups is 1. The van der Waals surface area contributed by atoms with E-state index in [1.807, 2.05) is 0 Å². The lowest BCUT2D eigenvalue weighted by Crippen LogP contribution is -2.16. The van der Waals surface area contributed by atoms with Crippen LogP contribution in [0.25, 0.3) is 11.3 Å². The minimum absolute atomic E-state index is 0.0430. The number of aliphatic hydroxyl groups excluding tert-OH is 1. The molecule has 110 valence electrons. The van der Waals surface area contributed by atoms with E-state index in [0.29, 0.717) is 18.7 Å². The predicted octanol–water partition coefficient (Wildman–Crippen LogP) is 1.66. The van der Waals surface area contributed by atoms with Crippen LogP contribution in [0.1, 0.15) is 22.3 Å². The average molecular weight is 292 g/mol. The largest absolute Gasteiger partial charge is 0.477 e. The first-order chi connectivity index (χ1) is 10.1. The third-order valence-electron chi connectivity index (χ3n) is 3.34. The van der Waals surface area contributed by atoms with Crippen LogP contribution in [-0.4, -0.2) is 32.6 Å². The number of benzene rings is 1. The minimum Gasteiger partial charge on any atom is -0.477 e. The number of fused-ring (bicyclic) bond motifs is 1. The Bertz CT molecular complexity index is 711. The summed E-state index contributed by atoms with van der Waals surface area (Å²) in [6.07, 6.45) is 0.721. The van der Waals surface area contributed by atoms with Crippen LogP contribution in [-0.2, 0) is 13.2 Å². The van der Waals surface area contributed by atoms with Gasteiger partial charge in [-0.2, -0.15) is 5.10 Å². The monoisotopic (exact) mass is 292 g/mol. The number of carboxylic acids is 1. The molecule has 1 aliphatic heterocycles. The topological polar surface area (TPSA) is 84.6 Å². The zero-order chi connectivity index (χ0) is 15.0. The Kier molecular flexibility index (Phi) is 3.34. The van der Waals surface area contributed by atoms with Gasteiger partial charge in [0.15, 0.2) is 0 Å². The summed E-state index contributed by atoms with van der Waals surface area (Å²) < 4.78 is 20.9. The number of aryl methyl sites for hydroxylation is 1. The van der Waals surface area contributed by atoms with E-state index in [4.69, 9.17) is 9.84 Å². The maximum atomic E-state index is 14.1. The quantitative estimate of drug-likeness (QED) is 0.898. The zero-order valence-electron chi connectivity index (χ0n) is 11.0. The van der Waals surface area contributed by atoms with Crippen LogP contribution < -0.4 is 4.74 Å². The SMILES string of the molecule is O=C(O)c1c(-c2ccc(CO)cc2F)nn2c1OCCC2. The molecule has 0 radical (unpaired) electrons. The molecule has 21 heavy (non-hydrogen) atoms. The van der Waals surface area contributed by atoms with E-state index in [9.17, 15) is 14.3 Å². The number of rotatable bonds is 3. The lowest BCUT2D eigenvalue weighted by molar-refractivity contribution is 0.0690. The second-order valence-electron chi connectivity index (χ2n) is 4.73. The summed E-state index contributed by atoms with van der Waals surface area (Å²) in [5.41, 5.74) is 0.398. The third kappa shape index (κ3) is 2.25. The van der Waals surface area contributed by atoms with Crippen LogP contribution in [0.5, 0.6) is 5.88 Å². The van der Waals surface area contributed by atoms with E-state index in [0.717, 1.165) is 6.42 Å². The van der Waals surface area contributed by atoms with Gasteiger partial charge < -0.3 is 14.9 Å². The molecule has 0 spiro atoms. The summed E-state index contributed by atoms with van der Waals surface area (Å²) in [7, 11) is 0. The summed E-state index contributed by atoms with van der Waals surface area (Å²) in [6.45, 7) is 0.662. The van der Waals surface area contributed by atoms with E-state index in [1.165, 1.54) is 22.9 Å². The molecule has 6 nitrogen and oxygen atoms in total. The van der Waals surface area contributed by atoms with E-state index in [1.54, 1.807) is 0 Å². The van der Waals surface area contributed by atoms with Crippen LogP contribution in [0.4, 0.5) is 4.39 Å². The van der Waals surface area contributed by atoms with Crippen molar-refractivity contribution < 1.29 is 24.1 Å². The van der Waals surface area contributed by atoms with Crippen LogP contribution in [0.15, 0.2) is 18.2 Å². The first-order valence-corrected chi connectivity index (χ1v) is 6.48. The highest BCUT2D eigenvalue weighted by Gasteiger charge is 2.29. The fraction of sp³-hybridized carbons (Fsp3) is 0.286. The maximum Gasteiger partial charge on any atom is 0.343 e. The van der Waals surface area contributed by atoms with E-state index in [2.05, 4.69) is 5.10 Å². The predicted molar refractivity (Wildman–Crippen MR) is 70.6 cm³/mol. The molecule has 0 fully saturated rings. The maximum absolute atomic E-state index is 14.1. The van der Waals surface area contributed by atoms with Crippen molar-refractivity contribution in [2.45, 2.75) is 19.6 Å². The van der Waals surface area contributed by atoms with Gasteiger partial charge in [-0.3, -0.25) is 0 Å². The minimum atomic E-state index is -1.21. The second-order valence-corrected chi connectivity index (χ2v) is 4.73. The molecule has 1 aliphatic rings. The van der Waals surface area contributed by atoms with Crippen molar-refractivity contribution in [3.05, 3.63) is 35.1 Å². The number of ether oxygens (including phenoxy) is 1. The van der Waals surface area contributed by atoms with E-state index >= 15 is 0 Å². The molecule has 0 amide bonds. The van der Waals surface area contributed by atoms with Crippen LogP contribution in [0.2, 0.25) is 0 Å². The van der Waals surface area contributed by atoms with E-state index in [-0.39, 0.29) is 29.3 Å². The molecule has 1 aromatic heterocycles. The Labute approximate surface area is 119 Å². The fourth-order valence-corrected chi connectivity index (χ4v) is 2.36. The van der Waals surface area contributed by atoms with Crippen LogP contribution in [0, 0.1) is 5.82 Å². The Hall–Kier alpha value is -2.41. The van der Waals surface area contributed by atoms with Crippen molar-refractivity contribution in [2.24, 2.45) is 0 Å². The molecule has 1 aromatic carbocycles. The average Bonchev–Trinajstić information content (AvgIpc) is 2.86. The third-order valence-corrected chi connectivity index (χ3v) is 3.34. The van der Waals surface area contributed by atoms with Gasteiger partial charge in [0, 0.05) is 18.5 Å². The number of halogens is 1. The molecule has 0 saturated heterocycles. The Balaban J connectivity index is 2.18. The summed E-state index contributed by atoms with van der Waals surface area (Å²) in [5, 5.41) is 22.5. The van der Waals surface area contributed by atoms with Crippen LogP contribution >= 0.6 is 0 Å². The van der Waals surface area contributed by atoms with Crippen molar-refractivity contribution in [2.75, 3.05) is 6.61 Å². The Morgan fingerprint density at radius 3 is 2.95 bits per heavy atom. The lowest BCUT2D eigenvalue weighted by Gasteiger charge is -2.14. The first kappa shape index (κ1) is 13.6. The highest BCUT2D eigenvalue weighted by atomic mass is 19.1. The highest BCUT2D eigenvalue weighted by Crippen LogP contribution is 2.34. The van der Waals surface area contributed by atoms with Gasteiger partial charge in [-0.1, -0.05) is 6.07 Å². The first-order valence-electron chi connectivity index (χ1n) is 6.48. The van der Waals surface area contributed by atoms with Gasteiger partial charge in [0.2, 0.25) is 5.88 Å². The normalized spacial score (nSPS) is 13.6. The second kappa shape index (κ2) is 5.17. The molecular formula is C14H13FN2O4. The highest BCUT2D eigenvalue weighted by molar-refractivity contribution is 5.97. The van der Waals surface area contributed by atoms with Gasteiger partial charge >= 0.3 is 5.97 Å². The molecule has 0 saturated carbocycles. The zero-order valence-corrected chi connectivity index (χ0v) is 11.0. The Morgan fingerprint density at radius 1 is 1.48 bits per heavy atom. The van der Waals surface area contributed by atoms with Gasteiger partial charge in [0.1, 0.15) is 17.1 Å². The molecule has 0 atom stereocenters. The molecule has 2 heterocycles. The molecular weight excluding hydrogens is 279 g/mol. The van der Waals surface area contributed by atoms with Crippen molar-refractivity contribution in [3.63, 3.8) is 0 Å². The lowest BCUT2D eigenvalue weighted by atomic mass is 10.0. The van der Waals surface area contributed by atoms with Gasteiger partial charge in [0.05, 0.1) is 13.2 Å². The fourth-order valence-electron chi connectivity index (χ4n) is 2.36.